The van der Waals surface area contributed by atoms with Gasteiger partial charge in [0, 0.05) is 50.1 Å². The molecule has 0 bridgehead atoms. The molecule has 0 radical (unpaired) electrons. The fraction of sp³-hybridized carbons (Fsp3) is 0.293. The summed E-state index contributed by atoms with van der Waals surface area (Å²) in [7, 11) is 8.41. The molecule has 0 spiro atoms. The molecule has 44 heavy (non-hydrogen) atoms. The monoisotopic (exact) mass is 601 g/mol. The van der Waals surface area contributed by atoms with Crippen LogP contribution in [-0.4, -0.2) is 49.2 Å². The Morgan fingerprint density at radius 2 is 1.39 bits per heavy atom. The van der Waals surface area contributed by atoms with E-state index in [4.69, 9.17) is 0 Å². The van der Waals surface area contributed by atoms with E-state index in [1.807, 2.05) is 25.2 Å². The minimum absolute atomic E-state index is 0.305. The average molecular weight is 602 g/mol. The molecule has 5 rings (SSSR count). The minimum atomic E-state index is 0.305. The minimum Gasteiger partial charge on any atom is -0.378 e. The van der Waals surface area contributed by atoms with Crippen molar-refractivity contribution in [2.24, 2.45) is 5.92 Å². The van der Waals surface area contributed by atoms with Crippen LogP contribution in [0.1, 0.15) is 49.3 Å². The van der Waals surface area contributed by atoms with Crippen molar-refractivity contribution < 1.29 is 0 Å². The molecule has 1 heterocycles. The molecule has 2 aliphatic rings. The van der Waals surface area contributed by atoms with Crippen molar-refractivity contribution in [1.82, 2.24) is 4.90 Å². The first kappa shape index (κ1) is 33.1. The van der Waals surface area contributed by atoms with Crippen LogP contribution in [0.4, 0.5) is 5.69 Å². The highest BCUT2D eigenvalue weighted by molar-refractivity contribution is 7.80. The standard InChI is InChI=1S/C39H43N2S.C2H6/c1-40(2)36-23-19-30(20-24-36)15-17-32(18-16-31-21-25-37(26-22-31)41(3)4)27-38-28-35(33-11-7-5-8-12-33)29-39(42-38)34-13-9-6-10-14-34;1-2/h5-27,30,35-36,38H,28-29H2,1-4H3;1-2H3/q+1;. The van der Waals surface area contributed by atoms with E-state index >= 15 is 0 Å². The Balaban J connectivity index is 0.00000216. The summed E-state index contributed by atoms with van der Waals surface area (Å²) in [5, 5.41) is 0.384. The van der Waals surface area contributed by atoms with Crippen LogP contribution in [0.3, 0.4) is 0 Å². The molecular weight excluding hydrogens is 553 g/mol. The average Bonchev–Trinajstić information content (AvgIpc) is 3.08. The molecule has 1 aliphatic heterocycles. The molecule has 2 unspecified atom stereocenters. The van der Waals surface area contributed by atoms with Gasteiger partial charge in [0.15, 0.2) is 11.4 Å². The van der Waals surface area contributed by atoms with Crippen molar-refractivity contribution in [1.29, 1.82) is 0 Å². The van der Waals surface area contributed by atoms with E-state index in [9.17, 15) is 0 Å². The van der Waals surface area contributed by atoms with Crippen LogP contribution in [0.5, 0.6) is 0 Å². The maximum atomic E-state index is 2.49. The van der Waals surface area contributed by atoms with Crippen LogP contribution < -0.4 is 4.90 Å². The normalized spacial score (nSPS) is 21.8. The van der Waals surface area contributed by atoms with Gasteiger partial charge in [-0.3, -0.25) is 4.90 Å². The Morgan fingerprint density at radius 3 is 2.00 bits per heavy atom. The highest BCUT2D eigenvalue weighted by Crippen LogP contribution is 2.32. The second kappa shape index (κ2) is 16.9. The van der Waals surface area contributed by atoms with E-state index < -0.39 is 0 Å². The lowest BCUT2D eigenvalue weighted by Crippen LogP contribution is -2.25. The van der Waals surface area contributed by atoms with Crippen molar-refractivity contribution in [2.45, 2.75) is 43.9 Å². The van der Waals surface area contributed by atoms with Crippen molar-refractivity contribution >= 4 is 28.0 Å². The first-order chi connectivity index (χ1) is 21.4. The largest absolute Gasteiger partial charge is 0.378 e. The van der Waals surface area contributed by atoms with Gasteiger partial charge in [-0.15, -0.1) is 0 Å². The van der Waals surface area contributed by atoms with E-state index in [1.165, 1.54) is 32.8 Å². The number of hydrogen-bond donors (Lipinski definition) is 0. The van der Waals surface area contributed by atoms with Crippen molar-refractivity contribution in [3.05, 3.63) is 156 Å². The van der Waals surface area contributed by atoms with Gasteiger partial charge in [0.25, 0.3) is 0 Å². The van der Waals surface area contributed by atoms with Crippen molar-refractivity contribution in [2.75, 3.05) is 33.1 Å². The Morgan fingerprint density at radius 1 is 0.750 bits per heavy atom. The Labute approximate surface area is 270 Å². The summed E-state index contributed by atoms with van der Waals surface area (Å²) in [6.45, 7) is 4.00. The Bertz CT molecular complexity index is 1460. The van der Waals surface area contributed by atoms with Gasteiger partial charge in [0.2, 0.25) is 10.1 Å². The van der Waals surface area contributed by atoms with Gasteiger partial charge in [-0.2, -0.15) is 0 Å². The Kier molecular flexibility index (Phi) is 12.7. The third-order valence-electron chi connectivity index (χ3n) is 8.03. The maximum absolute atomic E-state index is 2.49. The number of nitrogens with zero attached hydrogens (tertiary/aromatic N) is 2. The van der Waals surface area contributed by atoms with Crippen LogP contribution >= 0.6 is 0 Å². The van der Waals surface area contributed by atoms with Gasteiger partial charge < -0.3 is 4.90 Å². The van der Waals surface area contributed by atoms with Crippen LogP contribution in [0, 0.1) is 5.92 Å². The van der Waals surface area contributed by atoms with E-state index in [2.05, 4.69) is 178 Å². The van der Waals surface area contributed by atoms with E-state index in [0.717, 1.165) is 12.8 Å². The fourth-order valence-electron chi connectivity index (χ4n) is 5.52. The number of benzene rings is 3. The first-order valence-corrected chi connectivity index (χ1v) is 16.8. The van der Waals surface area contributed by atoms with Gasteiger partial charge in [-0.1, -0.05) is 123 Å². The quantitative estimate of drug-likeness (QED) is 0.104. The molecule has 3 heteroatoms. The second-order valence-electron chi connectivity index (χ2n) is 11.6. The summed E-state index contributed by atoms with van der Waals surface area (Å²) in [6.07, 6.45) is 23.1. The summed E-state index contributed by atoms with van der Waals surface area (Å²) < 4.78 is 0. The number of allylic oxidation sites excluding steroid dienone is 6. The molecule has 3 aromatic carbocycles. The third-order valence-corrected chi connectivity index (χ3v) is 9.35. The SMILES string of the molecule is CC.CN(C)c1ccc(C=CC(C=CC2C=CC(N(C)C)C=C2)=CC2CC(c3ccccc3)CC(c3ccccc3)=[S+]2)cc1. The zero-order valence-electron chi connectivity index (χ0n) is 27.3. The van der Waals surface area contributed by atoms with Crippen LogP contribution in [0.15, 0.2) is 139 Å². The lowest BCUT2D eigenvalue weighted by atomic mass is 9.87. The van der Waals surface area contributed by atoms with E-state index in [0.29, 0.717) is 23.1 Å². The van der Waals surface area contributed by atoms with Gasteiger partial charge >= 0.3 is 0 Å². The molecule has 228 valence electrons. The molecule has 1 aliphatic carbocycles. The van der Waals surface area contributed by atoms with E-state index in [1.54, 1.807) is 0 Å². The lowest BCUT2D eigenvalue weighted by molar-refractivity contribution is 0.388. The summed E-state index contributed by atoms with van der Waals surface area (Å²) in [5.74, 6) is 0.809. The molecule has 3 aromatic rings. The number of likely N-dealkylation sites (N-methyl/N-ethyl adjacent to an activating group) is 1. The van der Waals surface area contributed by atoms with Gasteiger partial charge in [0.05, 0.1) is 0 Å². The molecule has 0 N–H and O–H groups in total. The lowest BCUT2D eigenvalue weighted by Gasteiger charge is -2.21. The predicted octanol–water partition coefficient (Wildman–Crippen LogP) is 9.20. The molecule has 0 saturated heterocycles. The zero-order valence-corrected chi connectivity index (χ0v) is 28.1. The molecule has 0 saturated carbocycles. The fourth-order valence-corrected chi connectivity index (χ4v) is 7.01. The van der Waals surface area contributed by atoms with Crippen LogP contribution in [-0.2, 0) is 11.4 Å². The molecule has 0 amide bonds. The number of anilines is 1. The predicted molar refractivity (Wildman–Crippen MR) is 198 cm³/mol. The van der Waals surface area contributed by atoms with Crippen molar-refractivity contribution in [3.8, 4) is 0 Å². The second-order valence-corrected chi connectivity index (χ2v) is 13.0. The van der Waals surface area contributed by atoms with Crippen LogP contribution in [0.2, 0.25) is 0 Å². The molecule has 0 aromatic heterocycles. The van der Waals surface area contributed by atoms with Gasteiger partial charge in [-0.05, 0) is 67.1 Å². The number of hydrogen-bond acceptors (Lipinski definition) is 2. The van der Waals surface area contributed by atoms with Crippen LogP contribution in [0.25, 0.3) is 6.08 Å². The van der Waals surface area contributed by atoms with Gasteiger partial charge in [-0.25, -0.2) is 0 Å². The summed E-state index contributed by atoms with van der Waals surface area (Å²) >= 11 is 2.04. The smallest absolute Gasteiger partial charge is 0.209 e. The topological polar surface area (TPSA) is 6.48 Å². The molecule has 2 atom stereocenters. The van der Waals surface area contributed by atoms with Gasteiger partial charge in [0.1, 0.15) is 0 Å². The van der Waals surface area contributed by atoms with Crippen molar-refractivity contribution in [3.63, 3.8) is 0 Å². The molecule has 0 fully saturated rings. The Hall–Kier alpha value is -3.79. The summed E-state index contributed by atoms with van der Waals surface area (Å²) in [6, 6.07) is 31.1. The molecule has 2 nitrogen and oxygen atoms in total. The highest BCUT2D eigenvalue weighted by Gasteiger charge is 2.34. The third kappa shape index (κ3) is 9.61. The summed E-state index contributed by atoms with van der Waals surface area (Å²) in [4.78, 5) is 5.85. The number of rotatable bonds is 9. The maximum Gasteiger partial charge on any atom is 0.209 e. The highest BCUT2D eigenvalue weighted by atomic mass is 32.1. The summed E-state index contributed by atoms with van der Waals surface area (Å²) in [5.41, 5.74) is 6.46. The molecular formula is C41H49N2S+. The first-order valence-electron chi connectivity index (χ1n) is 16.0. The van der Waals surface area contributed by atoms with E-state index in [-0.39, 0.29) is 0 Å². The zero-order chi connectivity index (χ0) is 31.3.